The predicted molar refractivity (Wildman–Crippen MR) is 76.7 cm³/mol. The van der Waals surface area contributed by atoms with Gasteiger partial charge in [-0.15, -0.1) is 11.6 Å². The molecule has 1 amide bonds. The second-order valence-electron chi connectivity index (χ2n) is 4.93. The Labute approximate surface area is 115 Å². The molecular weight excluding hydrogens is 246 g/mol. The number of carbonyl (C=O) groups excluding carboxylic acids is 1. The SMILES string of the molecule is CCC(C)CC(C)NC(=O)C(Cl)c1ccccc1. The number of hydrogen-bond donors (Lipinski definition) is 1. The van der Waals surface area contributed by atoms with Crippen molar-refractivity contribution in [1.29, 1.82) is 0 Å². The predicted octanol–water partition coefficient (Wildman–Crippen LogP) is 3.91. The molecule has 0 bridgehead atoms. The highest BCUT2D eigenvalue weighted by atomic mass is 35.5. The Morgan fingerprint density at radius 3 is 2.44 bits per heavy atom. The molecule has 1 N–H and O–H groups in total. The molecule has 0 heterocycles. The Balaban J connectivity index is 2.50. The van der Waals surface area contributed by atoms with Crippen molar-refractivity contribution < 1.29 is 4.79 Å². The first-order valence-corrected chi connectivity index (χ1v) is 6.97. The van der Waals surface area contributed by atoms with Crippen LogP contribution < -0.4 is 5.32 Å². The molecule has 1 aromatic rings. The van der Waals surface area contributed by atoms with Gasteiger partial charge in [0, 0.05) is 6.04 Å². The van der Waals surface area contributed by atoms with Crippen LogP contribution in [0.1, 0.15) is 44.6 Å². The molecule has 2 nitrogen and oxygen atoms in total. The van der Waals surface area contributed by atoms with E-state index < -0.39 is 5.38 Å². The summed E-state index contributed by atoms with van der Waals surface area (Å²) >= 11 is 6.16. The molecule has 0 aliphatic rings. The molecule has 3 atom stereocenters. The van der Waals surface area contributed by atoms with E-state index in [1.165, 1.54) is 0 Å². The molecule has 3 heteroatoms. The Kier molecular flexibility index (Phi) is 6.20. The van der Waals surface area contributed by atoms with Crippen molar-refractivity contribution in [3.8, 4) is 0 Å². The highest BCUT2D eigenvalue weighted by molar-refractivity contribution is 6.30. The van der Waals surface area contributed by atoms with Crippen molar-refractivity contribution in [2.45, 2.75) is 45.0 Å². The van der Waals surface area contributed by atoms with Crippen molar-refractivity contribution in [2.24, 2.45) is 5.92 Å². The quantitative estimate of drug-likeness (QED) is 0.778. The maximum Gasteiger partial charge on any atom is 0.242 e. The van der Waals surface area contributed by atoms with Crippen LogP contribution in [-0.4, -0.2) is 11.9 Å². The zero-order valence-corrected chi connectivity index (χ0v) is 12.1. The molecule has 0 spiro atoms. The lowest BCUT2D eigenvalue weighted by atomic mass is 10.00. The maximum absolute atomic E-state index is 12.0. The number of rotatable bonds is 6. The van der Waals surface area contributed by atoms with Gasteiger partial charge in [0.2, 0.25) is 5.91 Å². The van der Waals surface area contributed by atoms with Gasteiger partial charge in [0.05, 0.1) is 0 Å². The fourth-order valence-corrected chi connectivity index (χ4v) is 2.13. The molecule has 0 aromatic heterocycles. The summed E-state index contributed by atoms with van der Waals surface area (Å²) in [6.45, 7) is 6.38. The minimum Gasteiger partial charge on any atom is -0.352 e. The molecule has 18 heavy (non-hydrogen) atoms. The summed E-state index contributed by atoms with van der Waals surface area (Å²) in [6, 6.07) is 9.60. The summed E-state index contributed by atoms with van der Waals surface area (Å²) < 4.78 is 0. The van der Waals surface area contributed by atoms with Crippen LogP contribution in [0.15, 0.2) is 30.3 Å². The molecular formula is C15H22ClNO. The molecule has 1 aromatic carbocycles. The van der Waals surface area contributed by atoms with Crippen LogP contribution in [0.5, 0.6) is 0 Å². The molecule has 0 fully saturated rings. The van der Waals surface area contributed by atoms with Crippen LogP contribution in [0.25, 0.3) is 0 Å². The second-order valence-corrected chi connectivity index (χ2v) is 5.37. The third-order valence-electron chi connectivity index (χ3n) is 3.16. The van der Waals surface area contributed by atoms with Gasteiger partial charge in [0.15, 0.2) is 0 Å². The van der Waals surface area contributed by atoms with E-state index in [0.29, 0.717) is 5.92 Å². The Morgan fingerprint density at radius 1 is 1.28 bits per heavy atom. The third kappa shape index (κ3) is 4.69. The van der Waals surface area contributed by atoms with Crippen molar-refractivity contribution in [2.75, 3.05) is 0 Å². The lowest BCUT2D eigenvalue weighted by Crippen LogP contribution is -2.35. The summed E-state index contributed by atoms with van der Waals surface area (Å²) in [4.78, 5) is 12.0. The standard InChI is InChI=1S/C15H22ClNO/c1-4-11(2)10-12(3)17-15(18)14(16)13-8-6-5-7-9-13/h5-9,11-12,14H,4,10H2,1-3H3,(H,17,18). The van der Waals surface area contributed by atoms with E-state index in [-0.39, 0.29) is 11.9 Å². The first kappa shape index (κ1) is 15.0. The van der Waals surface area contributed by atoms with E-state index in [0.717, 1.165) is 18.4 Å². The Bertz CT molecular complexity index is 366. The summed E-state index contributed by atoms with van der Waals surface area (Å²) in [5.41, 5.74) is 0.840. The Morgan fingerprint density at radius 2 is 1.89 bits per heavy atom. The normalized spacial score (nSPS) is 15.8. The summed E-state index contributed by atoms with van der Waals surface area (Å²) in [5, 5.41) is 2.37. The van der Waals surface area contributed by atoms with E-state index in [2.05, 4.69) is 19.2 Å². The zero-order chi connectivity index (χ0) is 13.5. The smallest absolute Gasteiger partial charge is 0.242 e. The van der Waals surface area contributed by atoms with E-state index >= 15 is 0 Å². The molecule has 1 rings (SSSR count). The summed E-state index contributed by atoms with van der Waals surface area (Å²) in [7, 11) is 0. The third-order valence-corrected chi connectivity index (χ3v) is 3.61. The van der Waals surface area contributed by atoms with Crippen LogP contribution in [0.2, 0.25) is 0 Å². The maximum atomic E-state index is 12.0. The van der Waals surface area contributed by atoms with Crippen LogP contribution in [0, 0.1) is 5.92 Å². The summed E-state index contributed by atoms with van der Waals surface area (Å²) in [5.74, 6) is 0.504. The van der Waals surface area contributed by atoms with E-state index in [9.17, 15) is 4.79 Å². The van der Waals surface area contributed by atoms with Gasteiger partial charge in [-0.3, -0.25) is 4.79 Å². The molecule has 0 aliphatic heterocycles. The number of halogens is 1. The number of amides is 1. The highest BCUT2D eigenvalue weighted by Crippen LogP contribution is 2.20. The van der Waals surface area contributed by atoms with Crippen molar-refractivity contribution in [3.05, 3.63) is 35.9 Å². The van der Waals surface area contributed by atoms with Crippen molar-refractivity contribution in [1.82, 2.24) is 5.32 Å². The van der Waals surface area contributed by atoms with Gasteiger partial charge >= 0.3 is 0 Å². The summed E-state index contributed by atoms with van der Waals surface area (Å²) in [6.07, 6.45) is 2.11. The topological polar surface area (TPSA) is 29.1 Å². The monoisotopic (exact) mass is 267 g/mol. The minimum atomic E-state index is -0.606. The fraction of sp³-hybridized carbons (Fsp3) is 0.533. The Hall–Kier alpha value is -1.02. The van der Waals surface area contributed by atoms with E-state index in [4.69, 9.17) is 11.6 Å². The minimum absolute atomic E-state index is 0.112. The largest absolute Gasteiger partial charge is 0.352 e. The van der Waals surface area contributed by atoms with Gasteiger partial charge in [-0.25, -0.2) is 0 Å². The van der Waals surface area contributed by atoms with Crippen LogP contribution in [0.4, 0.5) is 0 Å². The number of benzene rings is 1. The number of carbonyl (C=O) groups is 1. The molecule has 0 saturated heterocycles. The first-order chi connectivity index (χ1) is 8.54. The number of nitrogens with one attached hydrogen (secondary N) is 1. The molecule has 0 saturated carbocycles. The average Bonchev–Trinajstić information content (AvgIpc) is 2.38. The van der Waals surface area contributed by atoms with E-state index in [1.54, 1.807) is 0 Å². The highest BCUT2D eigenvalue weighted by Gasteiger charge is 2.19. The van der Waals surface area contributed by atoms with Crippen LogP contribution in [-0.2, 0) is 4.79 Å². The average molecular weight is 268 g/mol. The molecule has 0 aliphatic carbocycles. The van der Waals surface area contributed by atoms with Crippen LogP contribution in [0.3, 0.4) is 0 Å². The van der Waals surface area contributed by atoms with Gasteiger partial charge in [-0.1, -0.05) is 50.6 Å². The zero-order valence-electron chi connectivity index (χ0n) is 11.3. The molecule has 100 valence electrons. The van der Waals surface area contributed by atoms with Gasteiger partial charge in [0.25, 0.3) is 0 Å². The van der Waals surface area contributed by atoms with E-state index in [1.807, 2.05) is 37.3 Å². The lowest BCUT2D eigenvalue weighted by Gasteiger charge is -2.19. The molecule has 3 unspecified atom stereocenters. The fourth-order valence-electron chi connectivity index (χ4n) is 1.92. The number of hydrogen-bond acceptors (Lipinski definition) is 1. The molecule has 0 radical (unpaired) electrons. The van der Waals surface area contributed by atoms with Gasteiger partial charge in [-0.05, 0) is 24.8 Å². The van der Waals surface area contributed by atoms with Gasteiger partial charge in [0.1, 0.15) is 5.38 Å². The van der Waals surface area contributed by atoms with Gasteiger partial charge < -0.3 is 5.32 Å². The second kappa shape index (κ2) is 7.42. The van der Waals surface area contributed by atoms with Crippen molar-refractivity contribution >= 4 is 17.5 Å². The van der Waals surface area contributed by atoms with Crippen molar-refractivity contribution in [3.63, 3.8) is 0 Å². The number of alkyl halides is 1. The van der Waals surface area contributed by atoms with Crippen LogP contribution >= 0.6 is 11.6 Å². The van der Waals surface area contributed by atoms with Gasteiger partial charge in [-0.2, -0.15) is 0 Å². The lowest BCUT2D eigenvalue weighted by molar-refractivity contribution is -0.121. The first-order valence-electron chi connectivity index (χ1n) is 6.54.